The summed E-state index contributed by atoms with van der Waals surface area (Å²) in [6.45, 7) is 6.77. The lowest BCUT2D eigenvalue weighted by molar-refractivity contribution is 0.0943. The summed E-state index contributed by atoms with van der Waals surface area (Å²) in [5.74, 6) is -1.13. The van der Waals surface area contributed by atoms with Crippen molar-refractivity contribution < 1.29 is 9.18 Å². The second kappa shape index (κ2) is 6.70. The predicted octanol–water partition coefficient (Wildman–Crippen LogP) is 1.84. The van der Waals surface area contributed by atoms with Crippen molar-refractivity contribution in [3.8, 4) is 0 Å². The summed E-state index contributed by atoms with van der Waals surface area (Å²) < 4.78 is 16.8. The number of aryl methyl sites for hydroxylation is 3. The summed E-state index contributed by atoms with van der Waals surface area (Å²) in [4.78, 5) is 25.1. The van der Waals surface area contributed by atoms with Gasteiger partial charge < -0.3 is 5.32 Å². The molecule has 1 aromatic carbocycles. The van der Waals surface area contributed by atoms with Gasteiger partial charge in [0.15, 0.2) is 5.69 Å². The lowest BCUT2D eigenvalue weighted by Crippen LogP contribution is -2.31. The van der Waals surface area contributed by atoms with E-state index >= 15 is 0 Å². The second-order valence-electron chi connectivity index (χ2n) is 6.11. The molecule has 0 bridgehead atoms. The third-order valence-corrected chi connectivity index (χ3v) is 4.49. The number of fused-ring (bicyclic) bond motifs is 1. The standard InChI is InChI=1S/C18H20FN5O2/c1-5-24-11(3)14(10(2)21-24)9-20-18(26)16-17(25)13-8-12(19)6-7-15(13)23(4)22-16/h6-8H,5,9H2,1-4H3,(H,20,26). The lowest BCUT2D eigenvalue weighted by Gasteiger charge is -2.09. The van der Waals surface area contributed by atoms with E-state index in [4.69, 9.17) is 0 Å². The van der Waals surface area contributed by atoms with E-state index in [2.05, 4.69) is 15.5 Å². The first kappa shape index (κ1) is 17.8. The number of nitrogens with zero attached hydrogens (tertiary/aromatic N) is 4. The molecule has 0 fully saturated rings. The first-order chi connectivity index (χ1) is 12.3. The molecule has 0 saturated heterocycles. The zero-order valence-corrected chi connectivity index (χ0v) is 15.1. The molecule has 8 heteroatoms. The topological polar surface area (TPSA) is 81.8 Å². The Labute approximate surface area is 149 Å². The molecule has 0 saturated carbocycles. The van der Waals surface area contributed by atoms with E-state index in [-0.39, 0.29) is 17.6 Å². The van der Waals surface area contributed by atoms with E-state index in [1.165, 1.54) is 16.8 Å². The summed E-state index contributed by atoms with van der Waals surface area (Å²) in [6, 6.07) is 3.84. The third kappa shape index (κ3) is 2.98. The Kier molecular flexibility index (Phi) is 4.58. The van der Waals surface area contributed by atoms with Gasteiger partial charge in [-0.2, -0.15) is 10.2 Å². The average molecular weight is 357 g/mol. The average Bonchev–Trinajstić information content (AvgIpc) is 2.89. The van der Waals surface area contributed by atoms with Gasteiger partial charge in [-0.25, -0.2) is 4.39 Å². The normalized spacial score (nSPS) is 11.1. The predicted molar refractivity (Wildman–Crippen MR) is 95.5 cm³/mol. The molecule has 136 valence electrons. The van der Waals surface area contributed by atoms with E-state index < -0.39 is 17.2 Å². The molecular formula is C18H20FN5O2. The minimum absolute atomic E-state index is 0.124. The fraction of sp³-hybridized carbons (Fsp3) is 0.333. The van der Waals surface area contributed by atoms with Gasteiger partial charge in [0.25, 0.3) is 5.91 Å². The Morgan fingerprint density at radius 1 is 1.27 bits per heavy atom. The molecule has 0 aliphatic rings. The van der Waals surface area contributed by atoms with Crippen molar-refractivity contribution in [2.75, 3.05) is 0 Å². The molecule has 0 atom stereocenters. The van der Waals surface area contributed by atoms with E-state index in [0.29, 0.717) is 5.52 Å². The van der Waals surface area contributed by atoms with Gasteiger partial charge in [-0.15, -0.1) is 0 Å². The summed E-state index contributed by atoms with van der Waals surface area (Å²) >= 11 is 0. The number of nitrogens with one attached hydrogen (secondary N) is 1. The van der Waals surface area contributed by atoms with Crippen LogP contribution in [0, 0.1) is 19.7 Å². The molecule has 2 heterocycles. The summed E-state index contributed by atoms with van der Waals surface area (Å²) in [6.07, 6.45) is 0. The van der Waals surface area contributed by atoms with Crippen LogP contribution in [0.25, 0.3) is 10.9 Å². The first-order valence-electron chi connectivity index (χ1n) is 8.31. The largest absolute Gasteiger partial charge is 0.346 e. The van der Waals surface area contributed by atoms with Crippen molar-refractivity contribution in [2.24, 2.45) is 7.05 Å². The van der Waals surface area contributed by atoms with Gasteiger partial charge in [0.05, 0.1) is 16.6 Å². The molecule has 3 rings (SSSR count). The van der Waals surface area contributed by atoms with Crippen LogP contribution in [0.2, 0.25) is 0 Å². The van der Waals surface area contributed by atoms with Gasteiger partial charge >= 0.3 is 0 Å². The van der Waals surface area contributed by atoms with Crippen molar-refractivity contribution in [3.05, 3.63) is 56.9 Å². The Morgan fingerprint density at radius 2 is 2.00 bits per heavy atom. The van der Waals surface area contributed by atoms with Crippen molar-refractivity contribution in [1.82, 2.24) is 24.9 Å². The highest BCUT2D eigenvalue weighted by Crippen LogP contribution is 2.13. The monoisotopic (exact) mass is 357 g/mol. The van der Waals surface area contributed by atoms with Gasteiger partial charge in [-0.1, -0.05) is 0 Å². The van der Waals surface area contributed by atoms with Crippen molar-refractivity contribution in [1.29, 1.82) is 0 Å². The fourth-order valence-corrected chi connectivity index (χ4v) is 3.05. The molecule has 0 aliphatic carbocycles. The fourth-order valence-electron chi connectivity index (χ4n) is 3.05. The van der Waals surface area contributed by atoms with Crippen LogP contribution in [0.15, 0.2) is 23.0 Å². The minimum atomic E-state index is -0.597. The maximum Gasteiger partial charge on any atom is 0.276 e. The highest BCUT2D eigenvalue weighted by molar-refractivity contribution is 5.95. The summed E-state index contributed by atoms with van der Waals surface area (Å²) in [7, 11) is 1.61. The SMILES string of the molecule is CCn1nc(C)c(CNC(=O)c2nn(C)c3ccc(F)cc3c2=O)c1C. The maximum absolute atomic E-state index is 13.5. The molecule has 1 amide bonds. The van der Waals surface area contributed by atoms with Gasteiger partial charge in [-0.05, 0) is 39.0 Å². The first-order valence-corrected chi connectivity index (χ1v) is 8.31. The number of hydrogen-bond acceptors (Lipinski definition) is 4. The lowest BCUT2D eigenvalue weighted by atomic mass is 10.1. The maximum atomic E-state index is 13.5. The van der Waals surface area contributed by atoms with Gasteiger partial charge in [0, 0.05) is 31.4 Å². The van der Waals surface area contributed by atoms with Crippen LogP contribution >= 0.6 is 0 Å². The van der Waals surface area contributed by atoms with Gasteiger partial charge in [0.2, 0.25) is 5.43 Å². The van der Waals surface area contributed by atoms with E-state index in [0.717, 1.165) is 29.6 Å². The molecule has 0 unspecified atom stereocenters. The highest BCUT2D eigenvalue weighted by Gasteiger charge is 2.18. The molecule has 0 radical (unpaired) electrons. The summed E-state index contributed by atoms with van der Waals surface area (Å²) in [5.41, 5.74) is 2.31. The number of halogens is 1. The van der Waals surface area contributed by atoms with E-state index in [1.54, 1.807) is 7.05 Å². The second-order valence-corrected chi connectivity index (χ2v) is 6.11. The van der Waals surface area contributed by atoms with Crippen molar-refractivity contribution >= 4 is 16.8 Å². The number of benzene rings is 1. The molecule has 7 nitrogen and oxygen atoms in total. The highest BCUT2D eigenvalue weighted by atomic mass is 19.1. The van der Waals surface area contributed by atoms with Crippen molar-refractivity contribution in [3.63, 3.8) is 0 Å². The number of amides is 1. The molecule has 1 N–H and O–H groups in total. The molecule has 2 aromatic heterocycles. The zero-order chi connectivity index (χ0) is 19.0. The van der Waals surface area contributed by atoms with Gasteiger partial charge in [0.1, 0.15) is 5.82 Å². The number of hydrogen-bond donors (Lipinski definition) is 1. The number of aromatic nitrogens is 4. The Hall–Kier alpha value is -3.03. The summed E-state index contributed by atoms with van der Waals surface area (Å²) in [5, 5.41) is 11.3. The molecular weight excluding hydrogens is 337 g/mol. The van der Waals surface area contributed by atoms with Crippen LogP contribution in [0.4, 0.5) is 4.39 Å². The van der Waals surface area contributed by atoms with Crippen LogP contribution in [-0.2, 0) is 20.1 Å². The van der Waals surface area contributed by atoms with Crippen LogP contribution < -0.4 is 10.7 Å². The number of carbonyl (C=O) groups is 1. The molecule has 0 aliphatic heterocycles. The molecule has 26 heavy (non-hydrogen) atoms. The van der Waals surface area contributed by atoms with E-state index in [1.807, 2.05) is 25.5 Å². The quantitative estimate of drug-likeness (QED) is 0.772. The Morgan fingerprint density at radius 3 is 2.65 bits per heavy atom. The molecule has 3 aromatic rings. The van der Waals surface area contributed by atoms with Crippen LogP contribution in [0.5, 0.6) is 0 Å². The Balaban J connectivity index is 1.93. The van der Waals surface area contributed by atoms with Crippen molar-refractivity contribution in [2.45, 2.75) is 33.9 Å². The third-order valence-electron chi connectivity index (χ3n) is 4.49. The number of carbonyl (C=O) groups excluding carboxylic acids is 1. The van der Waals surface area contributed by atoms with E-state index in [9.17, 15) is 14.0 Å². The van der Waals surface area contributed by atoms with Crippen LogP contribution in [0.1, 0.15) is 34.4 Å². The molecule has 0 spiro atoms. The smallest absolute Gasteiger partial charge is 0.276 e. The van der Waals surface area contributed by atoms with Gasteiger partial charge in [-0.3, -0.25) is 19.0 Å². The van der Waals surface area contributed by atoms with Crippen LogP contribution in [0.3, 0.4) is 0 Å². The zero-order valence-electron chi connectivity index (χ0n) is 15.1. The number of rotatable bonds is 4. The minimum Gasteiger partial charge on any atom is -0.346 e. The Bertz CT molecular complexity index is 1070. The van der Waals surface area contributed by atoms with Crippen LogP contribution in [-0.4, -0.2) is 25.5 Å².